The first-order chi connectivity index (χ1) is 10.8. The van der Waals surface area contributed by atoms with Crippen molar-refractivity contribution in [2.24, 2.45) is 0 Å². The van der Waals surface area contributed by atoms with Crippen LogP contribution in [0.25, 0.3) is 27.6 Å². The van der Waals surface area contributed by atoms with E-state index in [2.05, 4.69) is 29.0 Å². The fourth-order valence-corrected chi connectivity index (χ4v) is 3.01. The second kappa shape index (κ2) is 4.98. The number of H-pyrrole nitrogens is 1. The van der Waals surface area contributed by atoms with Crippen LogP contribution in [0, 0.1) is 0 Å². The number of rotatable bonds is 3. The number of imidazole rings is 1. The van der Waals surface area contributed by atoms with Crippen molar-refractivity contribution in [2.45, 2.75) is 26.2 Å². The fourth-order valence-electron chi connectivity index (χ4n) is 3.01. The monoisotopic (exact) mass is 291 g/mol. The molecule has 0 spiro atoms. The van der Waals surface area contributed by atoms with E-state index in [1.807, 2.05) is 30.3 Å². The van der Waals surface area contributed by atoms with Crippen LogP contribution in [0.15, 0.2) is 47.3 Å². The highest BCUT2D eigenvalue weighted by Crippen LogP contribution is 2.22. The molecular formula is C18H17N3O. The van der Waals surface area contributed by atoms with Gasteiger partial charge < -0.3 is 4.98 Å². The van der Waals surface area contributed by atoms with Crippen LogP contribution in [0.2, 0.25) is 0 Å². The Labute approximate surface area is 127 Å². The largest absolute Gasteiger partial charge is 0.332 e. The Morgan fingerprint density at radius 2 is 2.05 bits per heavy atom. The lowest BCUT2D eigenvalue weighted by Crippen LogP contribution is -2.16. The van der Waals surface area contributed by atoms with Crippen LogP contribution in [0.5, 0.6) is 0 Å². The maximum absolute atomic E-state index is 12.4. The van der Waals surface area contributed by atoms with Gasteiger partial charge in [-0.2, -0.15) is 0 Å². The molecule has 1 N–H and O–H groups in total. The predicted molar refractivity (Wildman–Crippen MR) is 89.4 cm³/mol. The second-order valence-corrected chi connectivity index (χ2v) is 5.67. The predicted octanol–water partition coefficient (Wildman–Crippen LogP) is 3.67. The molecule has 0 bridgehead atoms. The number of fused-ring (bicyclic) bond motifs is 5. The molecule has 0 fully saturated rings. The van der Waals surface area contributed by atoms with Crippen LogP contribution in [-0.2, 0) is 6.42 Å². The topological polar surface area (TPSA) is 50.2 Å². The minimum atomic E-state index is -0.141. The molecule has 2 aromatic carbocycles. The van der Waals surface area contributed by atoms with Gasteiger partial charge in [-0.05, 0) is 42.7 Å². The number of unbranched alkanes of at least 4 members (excludes halogenated alkanes) is 1. The first-order valence-electron chi connectivity index (χ1n) is 7.70. The molecule has 110 valence electrons. The van der Waals surface area contributed by atoms with Gasteiger partial charge in [-0.15, -0.1) is 0 Å². The maximum Gasteiger partial charge on any atom is 0.332 e. The van der Waals surface area contributed by atoms with E-state index in [4.69, 9.17) is 0 Å². The normalized spacial score (nSPS) is 11.7. The molecule has 0 atom stereocenters. The Bertz CT molecular complexity index is 1040. The molecule has 0 amide bonds. The van der Waals surface area contributed by atoms with Gasteiger partial charge in [0.2, 0.25) is 0 Å². The molecule has 0 aliphatic heterocycles. The number of para-hydroxylation sites is 2. The average molecular weight is 291 g/mol. The quantitative estimate of drug-likeness (QED) is 0.626. The molecule has 0 saturated heterocycles. The van der Waals surface area contributed by atoms with Crippen molar-refractivity contribution in [1.29, 1.82) is 0 Å². The van der Waals surface area contributed by atoms with Gasteiger partial charge in [-0.3, -0.25) is 0 Å². The highest BCUT2D eigenvalue weighted by molar-refractivity contribution is 5.96. The molecule has 2 heterocycles. The third-order valence-electron chi connectivity index (χ3n) is 4.15. The molecule has 4 heteroatoms. The zero-order valence-corrected chi connectivity index (χ0v) is 12.5. The summed E-state index contributed by atoms with van der Waals surface area (Å²) in [6.45, 7) is 2.19. The summed E-state index contributed by atoms with van der Waals surface area (Å²) in [7, 11) is 0. The first kappa shape index (κ1) is 13.1. The number of aromatic nitrogens is 3. The maximum atomic E-state index is 12.4. The second-order valence-electron chi connectivity index (χ2n) is 5.67. The van der Waals surface area contributed by atoms with Crippen LogP contribution in [-0.4, -0.2) is 14.4 Å². The van der Waals surface area contributed by atoms with E-state index < -0.39 is 0 Å². The van der Waals surface area contributed by atoms with E-state index in [0.717, 1.165) is 34.0 Å². The average Bonchev–Trinajstić information content (AvgIpc) is 2.93. The smallest absolute Gasteiger partial charge is 0.306 e. The summed E-state index contributed by atoms with van der Waals surface area (Å²) in [6.07, 6.45) is 3.39. The van der Waals surface area contributed by atoms with E-state index in [0.29, 0.717) is 0 Å². The van der Waals surface area contributed by atoms with Crippen molar-refractivity contribution in [3.8, 4) is 0 Å². The highest BCUT2D eigenvalue weighted by Gasteiger charge is 2.11. The molecule has 4 nitrogen and oxygen atoms in total. The van der Waals surface area contributed by atoms with Crippen LogP contribution in [0.4, 0.5) is 0 Å². The van der Waals surface area contributed by atoms with Crippen molar-refractivity contribution >= 4 is 27.6 Å². The lowest BCUT2D eigenvalue weighted by molar-refractivity contribution is 0.796. The van der Waals surface area contributed by atoms with E-state index in [1.54, 1.807) is 4.40 Å². The summed E-state index contributed by atoms with van der Waals surface area (Å²) in [5.41, 5.74) is 4.42. The molecule has 4 rings (SSSR count). The highest BCUT2D eigenvalue weighted by atomic mass is 16.1. The van der Waals surface area contributed by atoms with Gasteiger partial charge in [0.1, 0.15) is 0 Å². The molecular weight excluding hydrogens is 274 g/mol. The number of benzene rings is 2. The molecule has 0 radical (unpaired) electrons. The third-order valence-corrected chi connectivity index (χ3v) is 4.15. The zero-order chi connectivity index (χ0) is 15.1. The van der Waals surface area contributed by atoms with Crippen molar-refractivity contribution in [1.82, 2.24) is 14.4 Å². The molecule has 4 aromatic rings. The minimum Gasteiger partial charge on any atom is -0.306 e. The van der Waals surface area contributed by atoms with Crippen molar-refractivity contribution in [2.75, 3.05) is 0 Å². The van der Waals surface area contributed by atoms with Crippen molar-refractivity contribution < 1.29 is 0 Å². The lowest BCUT2D eigenvalue weighted by atomic mass is 10.1. The Kier molecular flexibility index (Phi) is 2.96. The van der Waals surface area contributed by atoms with Crippen LogP contribution in [0.3, 0.4) is 0 Å². The Morgan fingerprint density at radius 3 is 2.91 bits per heavy atom. The summed E-state index contributed by atoms with van der Waals surface area (Å²) in [5.74, 6) is 0. The van der Waals surface area contributed by atoms with Crippen LogP contribution >= 0.6 is 0 Å². The SMILES string of the molecule is CCCCc1ccc2[nH]c(=O)n3c4ccccc4nc3c2c1. The summed E-state index contributed by atoms with van der Waals surface area (Å²) in [6, 6.07) is 14.0. The standard InChI is InChI=1S/C18H17N3O/c1-2-3-6-12-9-10-14-13(11-12)17-19-15-7-4-5-8-16(15)21(17)18(22)20-14/h4-5,7-11H,2-3,6H2,1H3,(H,20,22). The molecule has 0 saturated carbocycles. The van der Waals surface area contributed by atoms with E-state index in [9.17, 15) is 4.79 Å². The Morgan fingerprint density at radius 1 is 1.18 bits per heavy atom. The number of hydrogen-bond acceptors (Lipinski definition) is 2. The lowest BCUT2D eigenvalue weighted by Gasteiger charge is -2.04. The molecule has 0 aliphatic rings. The fraction of sp³-hybridized carbons (Fsp3) is 0.222. The summed E-state index contributed by atoms with van der Waals surface area (Å²) >= 11 is 0. The number of aryl methyl sites for hydroxylation is 1. The number of nitrogens with zero attached hydrogens (tertiary/aromatic N) is 2. The van der Waals surface area contributed by atoms with Gasteiger partial charge in [0.05, 0.1) is 16.6 Å². The van der Waals surface area contributed by atoms with Crippen LogP contribution < -0.4 is 5.69 Å². The van der Waals surface area contributed by atoms with E-state index >= 15 is 0 Å². The van der Waals surface area contributed by atoms with Gasteiger partial charge in [-0.25, -0.2) is 14.2 Å². The van der Waals surface area contributed by atoms with Crippen molar-refractivity contribution in [3.63, 3.8) is 0 Å². The summed E-state index contributed by atoms with van der Waals surface area (Å²) < 4.78 is 1.67. The van der Waals surface area contributed by atoms with E-state index in [1.165, 1.54) is 18.4 Å². The van der Waals surface area contributed by atoms with Gasteiger partial charge in [0, 0.05) is 5.39 Å². The van der Waals surface area contributed by atoms with Gasteiger partial charge in [-0.1, -0.05) is 31.5 Å². The molecule has 0 unspecified atom stereocenters. The van der Waals surface area contributed by atoms with Crippen molar-refractivity contribution in [3.05, 3.63) is 58.5 Å². The molecule has 2 aromatic heterocycles. The van der Waals surface area contributed by atoms with Gasteiger partial charge >= 0.3 is 5.69 Å². The third kappa shape index (κ3) is 1.91. The number of hydrogen-bond donors (Lipinski definition) is 1. The Hall–Kier alpha value is -2.62. The number of aromatic amines is 1. The van der Waals surface area contributed by atoms with Gasteiger partial charge in [0.15, 0.2) is 5.65 Å². The van der Waals surface area contributed by atoms with E-state index in [-0.39, 0.29) is 5.69 Å². The molecule has 22 heavy (non-hydrogen) atoms. The summed E-state index contributed by atoms with van der Waals surface area (Å²) in [4.78, 5) is 20.0. The Balaban J connectivity index is 2.09. The zero-order valence-electron chi connectivity index (χ0n) is 12.5. The number of nitrogens with one attached hydrogen (secondary N) is 1. The van der Waals surface area contributed by atoms with Crippen LogP contribution in [0.1, 0.15) is 25.3 Å². The first-order valence-corrected chi connectivity index (χ1v) is 7.70. The minimum absolute atomic E-state index is 0.141. The van der Waals surface area contributed by atoms with Gasteiger partial charge in [0.25, 0.3) is 0 Å². The summed E-state index contributed by atoms with van der Waals surface area (Å²) in [5, 5.41) is 1.00. The molecule has 0 aliphatic carbocycles.